The molecule has 4 nitrogen and oxygen atoms in total. The van der Waals surface area contributed by atoms with Crippen molar-refractivity contribution in [2.75, 3.05) is 0 Å². The highest BCUT2D eigenvalue weighted by molar-refractivity contribution is 5.52. The summed E-state index contributed by atoms with van der Waals surface area (Å²) < 4.78 is 49.2. The second kappa shape index (κ2) is 5.88. The van der Waals surface area contributed by atoms with Crippen LogP contribution in [-0.4, -0.2) is 10.1 Å². The maximum Gasteiger partial charge on any atom is 0.258 e. The molecule has 22 heavy (non-hydrogen) atoms. The molecule has 112 valence electrons. The van der Waals surface area contributed by atoms with Crippen molar-refractivity contribution in [1.82, 2.24) is 10.1 Å². The van der Waals surface area contributed by atoms with Crippen molar-refractivity contribution in [2.45, 2.75) is 6.61 Å². The van der Waals surface area contributed by atoms with Gasteiger partial charge in [0.05, 0.1) is 0 Å². The summed E-state index contributed by atoms with van der Waals surface area (Å²) in [5, 5.41) is 3.68. The quantitative estimate of drug-likeness (QED) is 0.737. The predicted molar refractivity (Wildman–Crippen MR) is 70.4 cm³/mol. The molecule has 3 aromatic rings. The van der Waals surface area contributed by atoms with Crippen LogP contribution < -0.4 is 4.74 Å². The molecule has 1 aromatic heterocycles. The van der Waals surface area contributed by atoms with Gasteiger partial charge in [0.25, 0.3) is 5.89 Å². The lowest BCUT2D eigenvalue weighted by Crippen LogP contribution is -1.99. The summed E-state index contributed by atoms with van der Waals surface area (Å²) in [6.07, 6.45) is 0. The van der Waals surface area contributed by atoms with Crippen molar-refractivity contribution in [3.05, 3.63) is 65.7 Å². The van der Waals surface area contributed by atoms with Crippen LogP contribution in [0.2, 0.25) is 0 Å². The Balaban J connectivity index is 1.70. The summed E-state index contributed by atoms with van der Waals surface area (Å²) in [4.78, 5) is 4.05. The summed E-state index contributed by atoms with van der Waals surface area (Å²) >= 11 is 0. The van der Waals surface area contributed by atoms with Crippen LogP contribution in [-0.2, 0) is 6.61 Å². The van der Waals surface area contributed by atoms with E-state index in [2.05, 4.69) is 10.1 Å². The number of rotatable bonds is 4. The fraction of sp³-hybridized carbons (Fsp3) is 0.0667. The summed E-state index contributed by atoms with van der Waals surface area (Å²) in [6.45, 7) is -0.146. The zero-order valence-corrected chi connectivity index (χ0v) is 11.1. The molecule has 0 aliphatic rings. The lowest BCUT2D eigenvalue weighted by Gasteiger charge is -2.03. The van der Waals surface area contributed by atoms with E-state index >= 15 is 0 Å². The number of ether oxygens (including phenoxy) is 1. The molecule has 0 fully saturated rings. The highest BCUT2D eigenvalue weighted by Gasteiger charge is 2.11. The third-order valence-electron chi connectivity index (χ3n) is 2.81. The predicted octanol–water partition coefficient (Wildman–Crippen LogP) is 3.73. The lowest BCUT2D eigenvalue weighted by atomic mass is 10.2. The average molecular weight is 306 g/mol. The summed E-state index contributed by atoms with van der Waals surface area (Å²) in [5.74, 6) is -1.63. The zero-order valence-electron chi connectivity index (χ0n) is 11.1. The summed E-state index contributed by atoms with van der Waals surface area (Å²) in [7, 11) is 0. The number of aromatic nitrogens is 2. The number of hydrogen-bond donors (Lipinski definition) is 0. The van der Waals surface area contributed by atoms with Gasteiger partial charge in [-0.15, -0.1) is 0 Å². The Morgan fingerprint density at radius 1 is 0.955 bits per heavy atom. The zero-order chi connectivity index (χ0) is 15.5. The van der Waals surface area contributed by atoms with Crippen LogP contribution >= 0.6 is 0 Å². The first-order valence-electron chi connectivity index (χ1n) is 6.28. The van der Waals surface area contributed by atoms with E-state index in [1.807, 2.05) is 0 Å². The van der Waals surface area contributed by atoms with Gasteiger partial charge in [0.2, 0.25) is 5.82 Å². The molecule has 0 spiro atoms. The molecule has 0 saturated carbocycles. The third-order valence-corrected chi connectivity index (χ3v) is 2.81. The molecule has 0 bridgehead atoms. The largest absolute Gasteiger partial charge is 0.482 e. The first-order valence-corrected chi connectivity index (χ1v) is 6.28. The van der Waals surface area contributed by atoms with Gasteiger partial charge in [0, 0.05) is 11.6 Å². The molecule has 0 aliphatic heterocycles. The molecule has 3 rings (SSSR count). The fourth-order valence-electron chi connectivity index (χ4n) is 1.76. The fourth-order valence-corrected chi connectivity index (χ4v) is 1.76. The van der Waals surface area contributed by atoms with E-state index in [0.29, 0.717) is 5.56 Å². The first-order chi connectivity index (χ1) is 10.6. The average Bonchev–Trinajstić information content (AvgIpc) is 2.96. The SMILES string of the molecule is Fc1ccc(-c2nc(COc3ccc(F)cc3F)no2)cc1. The number of nitrogens with zero attached hydrogens (tertiary/aromatic N) is 2. The highest BCUT2D eigenvalue weighted by atomic mass is 19.1. The van der Waals surface area contributed by atoms with E-state index in [9.17, 15) is 13.2 Å². The molecule has 0 N–H and O–H groups in total. The normalized spacial score (nSPS) is 10.7. The van der Waals surface area contributed by atoms with Crippen LogP contribution in [0, 0.1) is 17.5 Å². The van der Waals surface area contributed by atoms with Crippen molar-refractivity contribution in [2.24, 2.45) is 0 Å². The lowest BCUT2D eigenvalue weighted by molar-refractivity contribution is 0.273. The van der Waals surface area contributed by atoms with Gasteiger partial charge in [-0.05, 0) is 36.4 Å². The van der Waals surface area contributed by atoms with E-state index in [1.54, 1.807) is 0 Å². The molecule has 2 aromatic carbocycles. The smallest absolute Gasteiger partial charge is 0.258 e. The van der Waals surface area contributed by atoms with Crippen LogP contribution in [0.25, 0.3) is 11.5 Å². The number of halogens is 3. The third kappa shape index (κ3) is 3.08. The molecule has 0 radical (unpaired) electrons. The Labute approximate surface area is 123 Å². The second-order valence-corrected chi connectivity index (χ2v) is 4.39. The number of hydrogen-bond acceptors (Lipinski definition) is 4. The van der Waals surface area contributed by atoms with Gasteiger partial charge in [-0.25, -0.2) is 13.2 Å². The van der Waals surface area contributed by atoms with E-state index in [0.717, 1.165) is 12.1 Å². The van der Waals surface area contributed by atoms with Gasteiger partial charge in [-0.1, -0.05) is 5.16 Å². The maximum absolute atomic E-state index is 13.4. The minimum Gasteiger partial charge on any atom is -0.482 e. The van der Waals surface area contributed by atoms with Gasteiger partial charge >= 0.3 is 0 Å². The van der Waals surface area contributed by atoms with Crippen LogP contribution in [0.15, 0.2) is 47.0 Å². The Hall–Kier alpha value is -2.83. The first kappa shape index (κ1) is 14.1. The van der Waals surface area contributed by atoms with E-state index in [1.165, 1.54) is 30.3 Å². The van der Waals surface area contributed by atoms with Crippen molar-refractivity contribution >= 4 is 0 Å². The molecule has 0 atom stereocenters. The van der Waals surface area contributed by atoms with E-state index in [-0.39, 0.29) is 29.9 Å². The van der Waals surface area contributed by atoms with Crippen LogP contribution in [0.4, 0.5) is 13.2 Å². The molecule has 0 unspecified atom stereocenters. The van der Waals surface area contributed by atoms with Crippen molar-refractivity contribution < 1.29 is 22.4 Å². The second-order valence-electron chi connectivity index (χ2n) is 4.39. The van der Waals surface area contributed by atoms with Crippen molar-refractivity contribution in [3.8, 4) is 17.2 Å². The standard InChI is InChI=1S/C15H9F3N2O2/c16-10-3-1-9(2-4-10)15-19-14(20-22-15)8-21-13-6-5-11(17)7-12(13)18/h1-7H,8H2. The van der Waals surface area contributed by atoms with Gasteiger partial charge < -0.3 is 9.26 Å². The summed E-state index contributed by atoms with van der Waals surface area (Å²) in [5.41, 5.74) is 0.549. The van der Waals surface area contributed by atoms with E-state index in [4.69, 9.17) is 9.26 Å². The molecule has 0 saturated heterocycles. The summed E-state index contributed by atoms with van der Waals surface area (Å²) in [6, 6.07) is 8.49. The van der Waals surface area contributed by atoms with Gasteiger partial charge in [-0.3, -0.25) is 0 Å². The van der Waals surface area contributed by atoms with Crippen LogP contribution in [0.5, 0.6) is 5.75 Å². The molecule has 7 heteroatoms. The Kier molecular flexibility index (Phi) is 3.78. The molecular formula is C15H9F3N2O2. The minimum atomic E-state index is -0.817. The molecule has 1 heterocycles. The van der Waals surface area contributed by atoms with Gasteiger partial charge in [0.1, 0.15) is 11.6 Å². The molecule has 0 aliphatic carbocycles. The van der Waals surface area contributed by atoms with Crippen molar-refractivity contribution in [1.29, 1.82) is 0 Å². The molecular weight excluding hydrogens is 297 g/mol. The highest BCUT2D eigenvalue weighted by Crippen LogP contribution is 2.20. The number of benzene rings is 2. The van der Waals surface area contributed by atoms with Crippen molar-refractivity contribution in [3.63, 3.8) is 0 Å². The maximum atomic E-state index is 13.4. The Morgan fingerprint density at radius 2 is 1.68 bits per heavy atom. The molecule has 0 amide bonds. The Bertz CT molecular complexity index is 788. The Morgan fingerprint density at radius 3 is 2.41 bits per heavy atom. The van der Waals surface area contributed by atoms with Gasteiger partial charge in [0.15, 0.2) is 18.2 Å². The van der Waals surface area contributed by atoms with E-state index < -0.39 is 11.6 Å². The van der Waals surface area contributed by atoms with Crippen LogP contribution in [0.3, 0.4) is 0 Å². The van der Waals surface area contributed by atoms with Gasteiger partial charge in [-0.2, -0.15) is 4.98 Å². The minimum absolute atomic E-state index is 0.116. The topological polar surface area (TPSA) is 48.2 Å². The monoisotopic (exact) mass is 306 g/mol. The van der Waals surface area contributed by atoms with Crippen LogP contribution in [0.1, 0.15) is 5.82 Å².